The number of halogens is 3. The van der Waals surface area contributed by atoms with Crippen molar-refractivity contribution in [3.63, 3.8) is 0 Å². The Balaban J connectivity index is 1.66. The molecule has 0 aliphatic carbocycles. The van der Waals surface area contributed by atoms with Crippen LogP contribution in [-0.2, 0) is 11.2 Å². The van der Waals surface area contributed by atoms with Crippen LogP contribution in [0, 0.1) is 6.92 Å². The van der Waals surface area contributed by atoms with Crippen molar-refractivity contribution in [2.45, 2.75) is 31.2 Å². The molecule has 2 aromatic heterocycles. The molecule has 198 valence electrons. The molecule has 2 atom stereocenters. The average Bonchev–Trinajstić information content (AvgIpc) is 3.32. The Labute approximate surface area is 220 Å². The number of carbonyl (C=O) groups is 1. The van der Waals surface area contributed by atoms with Gasteiger partial charge in [-0.2, -0.15) is 18.2 Å². The number of aliphatic hydroxyl groups is 1. The van der Waals surface area contributed by atoms with Crippen molar-refractivity contribution in [3.05, 3.63) is 82.0 Å². The molecule has 2 aromatic carbocycles. The summed E-state index contributed by atoms with van der Waals surface area (Å²) in [5, 5.41) is 11.2. The van der Waals surface area contributed by atoms with E-state index in [9.17, 15) is 23.1 Å². The first-order chi connectivity index (χ1) is 18.0. The maximum absolute atomic E-state index is 14.3. The quantitative estimate of drug-likeness (QED) is 0.258. The van der Waals surface area contributed by atoms with Gasteiger partial charge in [0.2, 0.25) is 17.9 Å². The third-order valence-electron chi connectivity index (χ3n) is 5.85. The molecule has 38 heavy (non-hydrogen) atoms. The van der Waals surface area contributed by atoms with Crippen LogP contribution in [0.15, 0.2) is 66.0 Å². The van der Waals surface area contributed by atoms with E-state index >= 15 is 0 Å². The van der Waals surface area contributed by atoms with Crippen molar-refractivity contribution in [3.8, 4) is 28.3 Å². The van der Waals surface area contributed by atoms with E-state index in [0.717, 1.165) is 4.88 Å². The first-order valence-electron chi connectivity index (χ1n) is 11.5. The summed E-state index contributed by atoms with van der Waals surface area (Å²) in [5.74, 6) is -0.594. The topological polar surface area (TPSA) is 124 Å². The van der Waals surface area contributed by atoms with Crippen LogP contribution in [0.3, 0.4) is 0 Å². The molecule has 0 saturated carbocycles. The number of ether oxygens (including phenoxy) is 1. The van der Waals surface area contributed by atoms with E-state index in [0.29, 0.717) is 28.5 Å². The van der Waals surface area contributed by atoms with E-state index < -0.39 is 24.4 Å². The van der Waals surface area contributed by atoms with Gasteiger partial charge in [-0.25, -0.2) is 4.98 Å². The van der Waals surface area contributed by atoms with Crippen LogP contribution in [-0.4, -0.2) is 39.7 Å². The summed E-state index contributed by atoms with van der Waals surface area (Å²) in [6, 6.07) is 16.0. The number of aromatic nitrogens is 2. The number of hydrogen-bond donors (Lipinski definition) is 3. The third-order valence-corrected chi connectivity index (χ3v) is 6.71. The largest absolute Gasteiger partial charge is 0.460 e. The standard InChI is InChI=1S/C27H25F3N4O3S/c1-16-10-19(13-38-16)20-4-2-3-5-21(20)24(27(28,29)30)37-23-11-22(33-25(31)34-23)18-8-6-17(7-9-18)12-26(32,14-35)15-36/h2-11,13-14,24,36H,12,15,32H2,1H3,(H2,31,33,34)/t24?,26-/m0/s1. The smallest absolute Gasteiger partial charge is 0.429 e. The molecule has 4 aromatic rings. The Morgan fingerprint density at radius 1 is 1.08 bits per heavy atom. The maximum Gasteiger partial charge on any atom is 0.429 e. The summed E-state index contributed by atoms with van der Waals surface area (Å²) in [6.45, 7) is 1.37. The van der Waals surface area contributed by atoms with E-state index in [4.69, 9.17) is 16.2 Å². The van der Waals surface area contributed by atoms with Crippen molar-refractivity contribution in [1.82, 2.24) is 9.97 Å². The summed E-state index contributed by atoms with van der Waals surface area (Å²) in [6.07, 6.45) is -6.46. The number of benzene rings is 2. The second kappa shape index (κ2) is 10.9. The second-order valence-corrected chi connectivity index (χ2v) is 10.0. The fraction of sp³-hybridized carbons (Fsp3) is 0.222. The van der Waals surface area contributed by atoms with E-state index in [1.165, 1.54) is 29.5 Å². The summed E-state index contributed by atoms with van der Waals surface area (Å²) in [4.78, 5) is 20.2. The Morgan fingerprint density at radius 2 is 1.79 bits per heavy atom. The van der Waals surface area contributed by atoms with Gasteiger partial charge in [0.25, 0.3) is 0 Å². The molecule has 7 nitrogen and oxygen atoms in total. The Bertz CT molecular complexity index is 1430. The molecule has 0 radical (unpaired) electrons. The number of alkyl halides is 3. The number of carbonyl (C=O) groups excluding carboxylic acids is 1. The van der Waals surface area contributed by atoms with Crippen LogP contribution in [0.1, 0.15) is 22.1 Å². The minimum Gasteiger partial charge on any atom is -0.460 e. The molecular formula is C27H25F3N4O3S. The van der Waals surface area contributed by atoms with Gasteiger partial charge in [0.15, 0.2) is 0 Å². The van der Waals surface area contributed by atoms with E-state index in [2.05, 4.69) is 9.97 Å². The van der Waals surface area contributed by atoms with Gasteiger partial charge in [-0.1, -0.05) is 48.5 Å². The number of aliphatic hydroxyl groups excluding tert-OH is 1. The fourth-order valence-electron chi connectivity index (χ4n) is 3.96. The summed E-state index contributed by atoms with van der Waals surface area (Å²) >= 11 is 1.44. The molecule has 0 bridgehead atoms. The van der Waals surface area contributed by atoms with Gasteiger partial charge in [0.1, 0.15) is 6.29 Å². The van der Waals surface area contributed by atoms with Crippen LogP contribution in [0.4, 0.5) is 19.1 Å². The fourth-order valence-corrected chi connectivity index (χ4v) is 4.66. The van der Waals surface area contributed by atoms with Gasteiger partial charge in [0, 0.05) is 22.1 Å². The van der Waals surface area contributed by atoms with Gasteiger partial charge >= 0.3 is 6.18 Å². The van der Waals surface area contributed by atoms with Crippen LogP contribution in [0.25, 0.3) is 22.4 Å². The number of nitrogen functional groups attached to an aromatic ring is 1. The summed E-state index contributed by atoms with van der Waals surface area (Å²) < 4.78 is 48.4. The Kier molecular flexibility index (Phi) is 7.81. The molecule has 0 amide bonds. The minimum absolute atomic E-state index is 0.0507. The zero-order valence-electron chi connectivity index (χ0n) is 20.3. The molecule has 4 rings (SSSR count). The third kappa shape index (κ3) is 6.18. The molecule has 2 heterocycles. The molecule has 1 unspecified atom stereocenters. The number of thiophene rings is 1. The SMILES string of the molecule is Cc1cc(-c2ccccc2C(Oc2cc(-c3ccc(C[C@](N)(C=O)CO)cc3)nc(N)n2)C(F)(F)F)cs1. The number of aryl methyl sites for hydroxylation is 1. The van der Waals surface area contributed by atoms with E-state index in [1.807, 2.05) is 13.0 Å². The van der Waals surface area contributed by atoms with Crippen molar-refractivity contribution in [1.29, 1.82) is 0 Å². The lowest BCUT2D eigenvalue weighted by atomic mass is 9.93. The number of anilines is 1. The Morgan fingerprint density at radius 3 is 2.39 bits per heavy atom. The highest BCUT2D eigenvalue weighted by Crippen LogP contribution is 2.41. The van der Waals surface area contributed by atoms with Crippen LogP contribution in [0.2, 0.25) is 0 Å². The number of nitrogens with zero attached hydrogens (tertiary/aromatic N) is 2. The number of rotatable bonds is 9. The van der Waals surface area contributed by atoms with E-state index in [-0.39, 0.29) is 29.5 Å². The lowest BCUT2D eigenvalue weighted by molar-refractivity contribution is -0.198. The maximum atomic E-state index is 14.3. The molecule has 0 aliphatic rings. The van der Waals surface area contributed by atoms with Gasteiger partial charge in [0.05, 0.1) is 17.8 Å². The summed E-state index contributed by atoms with van der Waals surface area (Å²) in [7, 11) is 0. The molecule has 0 fully saturated rings. The van der Waals surface area contributed by atoms with Gasteiger partial charge in [-0.3, -0.25) is 0 Å². The van der Waals surface area contributed by atoms with Gasteiger partial charge < -0.3 is 26.1 Å². The highest BCUT2D eigenvalue weighted by atomic mass is 32.1. The lowest BCUT2D eigenvalue weighted by Crippen LogP contribution is -2.47. The molecule has 11 heteroatoms. The highest BCUT2D eigenvalue weighted by Gasteiger charge is 2.44. The molecular weight excluding hydrogens is 517 g/mol. The van der Waals surface area contributed by atoms with Crippen LogP contribution < -0.4 is 16.2 Å². The predicted octanol–water partition coefficient (Wildman–Crippen LogP) is 4.88. The second-order valence-electron chi connectivity index (χ2n) is 8.91. The average molecular weight is 543 g/mol. The van der Waals surface area contributed by atoms with E-state index in [1.54, 1.807) is 41.8 Å². The first-order valence-corrected chi connectivity index (χ1v) is 12.4. The van der Waals surface area contributed by atoms with Crippen LogP contribution >= 0.6 is 11.3 Å². The van der Waals surface area contributed by atoms with Gasteiger partial charge in [-0.05, 0) is 41.5 Å². The Hall–Kier alpha value is -3.80. The van der Waals surface area contributed by atoms with Crippen LogP contribution in [0.5, 0.6) is 5.88 Å². The van der Waals surface area contributed by atoms with Crippen molar-refractivity contribution < 1.29 is 27.8 Å². The van der Waals surface area contributed by atoms with Gasteiger partial charge in [-0.15, -0.1) is 11.3 Å². The predicted molar refractivity (Wildman–Crippen MR) is 140 cm³/mol. The minimum atomic E-state index is -4.75. The molecule has 0 saturated heterocycles. The lowest BCUT2D eigenvalue weighted by Gasteiger charge is -2.24. The molecule has 5 N–H and O–H groups in total. The van der Waals surface area contributed by atoms with Crippen molar-refractivity contribution in [2.24, 2.45) is 5.73 Å². The normalized spacial score (nSPS) is 14.1. The van der Waals surface area contributed by atoms with Crippen molar-refractivity contribution >= 4 is 23.6 Å². The molecule has 0 aliphatic heterocycles. The summed E-state index contributed by atoms with van der Waals surface area (Å²) in [5.41, 5.74) is 12.7. The highest BCUT2D eigenvalue weighted by molar-refractivity contribution is 7.10. The zero-order chi connectivity index (χ0) is 27.5. The monoisotopic (exact) mass is 542 g/mol. The number of aldehydes is 1. The zero-order valence-corrected chi connectivity index (χ0v) is 21.1. The van der Waals surface area contributed by atoms with Crippen molar-refractivity contribution in [2.75, 3.05) is 12.3 Å². The number of nitrogens with two attached hydrogens (primary N) is 2. The number of hydrogen-bond acceptors (Lipinski definition) is 8. The molecule has 0 spiro atoms. The first kappa shape index (κ1) is 27.2.